The van der Waals surface area contributed by atoms with Gasteiger partial charge in [-0.05, 0) is 18.6 Å². The lowest BCUT2D eigenvalue weighted by Crippen LogP contribution is -2.46. The summed E-state index contributed by atoms with van der Waals surface area (Å²) in [6.07, 6.45) is 2.32. The molecule has 1 aliphatic heterocycles. The third-order valence-electron chi connectivity index (χ3n) is 4.06. The van der Waals surface area contributed by atoms with Gasteiger partial charge in [-0.1, -0.05) is 12.1 Å². The van der Waals surface area contributed by atoms with Crippen LogP contribution in [0.3, 0.4) is 0 Å². The van der Waals surface area contributed by atoms with Gasteiger partial charge < -0.3 is 9.32 Å². The quantitative estimate of drug-likeness (QED) is 0.904. The standard InChI is InChI=1S/C16H19N3O4S/c1-11-17-15(10-23-11)12-3-5-14(6-4-12)24(21,22)18-13-7-8-19(2)16(20)9-13/h3-6,10,13,18H,7-9H2,1-2H3. The predicted molar refractivity (Wildman–Crippen MR) is 87.7 cm³/mol. The fraction of sp³-hybridized carbons (Fsp3) is 0.375. The van der Waals surface area contributed by atoms with E-state index in [1.54, 1.807) is 31.0 Å². The van der Waals surface area contributed by atoms with Gasteiger partial charge in [-0.3, -0.25) is 4.79 Å². The van der Waals surface area contributed by atoms with Crippen LogP contribution in [0.5, 0.6) is 0 Å². The number of carbonyl (C=O) groups excluding carboxylic acids is 1. The van der Waals surface area contributed by atoms with Gasteiger partial charge in [-0.2, -0.15) is 0 Å². The number of nitrogens with one attached hydrogen (secondary N) is 1. The van der Waals surface area contributed by atoms with Crippen LogP contribution in [0.25, 0.3) is 11.3 Å². The Morgan fingerprint density at radius 3 is 2.58 bits per heavy atom. The van der Waals surface area contributed by atoms with Crippen LogP contribution < -0.4 is 4.72 Å². The molecule has 1 N–H and O–H groups in total. The molecule has 0 saturated carbocycles. The fourth-order valence-corrected chi connectivity index (χ4v) is 3.90. The highest BCUT2D eigenvalue weighted by Crippen LogP contribution is 2.21. The van der Waals surface area contributed by atoms with Crippen LogP contribution in [-0.4, -0.2) is 43.8 Å². The molecule has 1 amide bonds. The predicted octanol–water partition coefficient (Wildman–Crippen LogP) is 1.55. The number of aryl methyl sites for hydroxylation is 1. The minimum atomic E-state index is -3.66. The van der Waals surface area contributed by atoms with Crippen LogP contribution in [0.2, 0.25) is 0 Å². The first kappa shape index (κ1) is 16.7. The lowest BCUT2D eigenvalue weighted by atomic mass is 10.1. The molecule has 1 aliphatic rings. The van der Waals surface area contributed by atoms with Crippen molar-refractivity contribution in [2.24, 2.45) is 0 Å². The normalized spacial score (nSPS) is 18.8. The monoisotopic (exact) mass is 349 g/mol. The number of carbonyl (C=O) groups is 1. The molecule has 1 aromatic heterocycles. The summed E-state index contributed by atoms with van der Waals surface area (Å²) >= 11 is 0. The summed E-state index contributed by atoms with van der Waals surface area (Å²) in [5, 5.41) is 0. The van der Waals surface area contributed by atoms with Crippen LogP contribution in [0.1, 0.15) is 18.7 Å². The molecule has 1 saturated heterocycles. The van der Waals surface area contributed by atoms with E-state index in [0.29, 0.717) is 24.6 Å². The van der Waals surface area contributed by atoms with E-state index in [1.165, 1.54) is 18.4 Å². The number of oxazole rings is 1. The van der Waals surface area contributed by atoms with Gasteiger partial charge in [-0.25, -0.2) is 18.1 Å². The van der Waals surface area contributed by atoms with E-state index in [-0.39, 0.29) is 23.3 Å². The van der Waals surface area contributed by atoms with Crippen LogP contribution in [-0.2, 0) is 14.8 Å². The lowest BCUT2D eigenvalue weighted by Gasteiger charge is -2.29. The molecule has 24 heavy (non-hydrogen) atoms. The molecule has 128 valence electrons. The summed E-state index contributed by atoms with van der Waals surface area (Å²) in [5.41, 5.74) is 1.44. The number of amides is 1. The Kier molecular flexibility index (Phi) is 4.42. The first-order valence-electron chi connectivity index (χ1n) is 7.64. The second-order valence-electron chi connectivity index (χ2n) is 5.90. The van der Waals surface area contributed by atoms with Gasteiger partial charge in [0.05, 0.1) is 4.90 Å². The van der Waals surface area contributed by atoms with Crippen LogP contribution >= 0.6 is 0 Å². The van der Waals surface area contributed by atoms with Gasteiger partial charge in [0.2, 0.25) is 15.9 Å². The number of sulfonamides is 1. The SMILES string of the molecule is Cc1nc(-c2ccc(S(=O)(=O)NC3CCN(C)C(=O)C3)cc2)co1. The Hall–Kier alpha value is -2.19. The molecule has 8 heteroatoms. The van der Waals surface area contributed by atoms with Gasteiger partial charge >= 0.3 is 0 Å². The van der Waals surface area contributed by atoms with E-state index in [4.69, 9.17) is 4.42 Å². The van der Waals surface area contributed by atoms with Gasteiger partial charge in [0, 0.05) is 38.5 Å². The van der Waals surface area contributed by atoms with E-state index in [9.17, 15) is 13.2 Å². The van der Waals surface area contributed by atoms with Crippen molar-refractivity contribution in [3.05, 3.63) is 36.4 Å². The van der Waals surface area contributed by atoms with Gasteiger partial charge in [0.25, 0.3) is 0 Å². The smallest absolute Gasteiger partial charge is 0.240 e. The van der Waals surface area contributed by atoms with Crippen molar-refractivity contribution in [3.8, 4) is 11.3 Å². The van der Waals surface area contributed by atoms with Crippen molar-refractivity contribution in [2.45, 2.75) is 30.7 Å². The molecule has 0 aliphatic carbocycles. The molecule has 2 heterocycles. The summed E-state index contributed by atoms with van der Waals surface area (Å²) in [5.74, 6) is 0.501. The topological polar surface area (TPSA) is 92.5 Å². The molecule has 1 atom stereocenters. The zero-order valence-corrected chi connectivity index (χ0v) is 14.3. The number of aromatic nitrogens is 1. The highest BCUT2D eigenvalue weighted by molar-refractivity contribution is 7.89. The first-order chi connectivity index (χ1) is 11.3. The molecule has 3 rings (SSSR count). The maximum absolute atomic E-state index is 12.5. The molecular weight excluding hydrogens is 330 g/mol. The Morgan fingerprint density at radius 2 is 2.00 bits per heavy atom. The molecule has 0 bridgehead atoms. The molecule has 1 fully saturated rings. The van der Waals surface area contributed by atoms with E-state index in [1.807, 2.05) is 0 Å². The minimum Gasteiger partial charge on any atom is -0.449 e. The number of hydrogen-bond acceptors (Lipinski definition) is 5. The Labute approximate surface area is 140 Å². The van der Waals surface area contributed by atoms with E-state index >= 15 is 0 Å². The Bertz CT molecular complexity index is 842. The number of likely N-dealkylation sites (tertiary alicyclic amines) is 1. The number of rotatable bonds is 4. The molecule has 7 nitrogen and oxygen atoms in total. The van der Waals surface area contributed by atoms with Crippen LogP contribution in [0, 0.1) is 6.92 Å². The van der Waals surface area contributed by atoms with Gasteiger partial charge in [-0.15, -0.1) is 0 Å². The molecular formula is C16H19N3O4S. The van der Waals surface area contributed by atoms with E-state index < -0.39 is 10.0 Å². The van der Waals surface area contributed by atoms with E-state index in [0.717, 1.165) is 5.56 Å². The maximum atomic E-state index is 12.5. The third-order valence-corrected chi connectivity index (χ3v) is 5.60. The molecule has 1 aromatic carbocycles. The van der Waals surface area contributed by atoms with Crippen molar-refractivity contribution < 1.29 is 17.6 Å². The number of nitrogens with zero attached hydrogens (tertiary/aromatic N) is 2. The van der Waals surface area contributed by atoms with Crippen LogP contribution in [0.4, 0.5) is 0 Å². The van der Waals surface area contributed by atoms with Crippen molar-refractivity contribution in [1.29, 1.82) is 0 Å². The number of benzene rings is 1. The minimum absolute atomic E-state index is 0.0503. The van der Waals surface area contributed by atoms with Crippen LogP contribution in [0.15, 0.2) is 39.8 Å². The molecule has 0 spiro atoms. The maximum Gasteiger partial charge on any atom is 0.240 e. The highest BCUT2D eigenvalue weighted by atomic mass is 32.2. The fourth-order valence-electron chi connectivity index (χ4n) is 2.63. The Morgan fingerprint density at radius 1 is 1.29 bits per heavy atom. The second kappa shape index (κ2) is 6.37. The number of hydrogen-bond donors (Lipinski definition) is 1. The van der Waals surface area contributed by atoms with Crippen molar-refractivity contribution in [1.82, 2.24) is 14.6 Å². The summed E-state index contributed by atoms with van der Waals surface area (Å²) < 4.78 is 32.7. The number of piperidine rings is 1. The highest BCUT2D eigenvalue weighted by Gasteiger charge is 2.27. The second-order valence-corrected chi connectivity index (χ2v) is 7.62. The summed E-state index contributed by atoms with van der Waals surface area (Å²) in [6, 6.07) is 6.06. The average Bonchev–Trinajstić information content (AvgIpc) is 2.97. The zero-order valence-electron chi connectivity index (χ0n) is 13.5. The Balaban J connectivity index is 1.74. The zero-order chi connectivity index (χ0) is 17.3. The largest absolute Gasteiger partial charge is 0.449 e. The summed E-state index contributed by atoms with van der Waals surface area (Å²) in [4.78, 5) is 17.7. The summed E-state index contributed by atoms with van der Waals surface area (Å²) in [6.45, 7) is 2.30. The van der Waals surface area contributed by atoms with Crippen molar-refractivity contribution in [3.63, 3.8) is 0 Å². The van der Waals surface area contributed by atoms with Gasteiger partial charge in [0.15, 0.2) is 5.89 Å². The van der Waals surface area contributed by atoms with Crippen molar-refractivity contribution in [2.75, 3.05) is 13.6 Å². The summed E-state index contributed by atoms with van der Waals surface area (Å²) in [7, 11) is -1.94. The first-order valence-corrected chi connectivity index (χ1v) is 9.12. The average molecular weight is 349 g/mol. The van der Waals surface area contributed by atoms with Gasteiger partial charge in [0.1, 0.15) is 12.0 Å². The van der Waals surface area contributed by atoms with Crippen molar-refractivity contribution >= 4 is 15.9 Å². The van der Waals surface area contributed by atoms with E-state index in [2.05, 4.69) is 9.71 Å². The molecule has 1 unspecified atom stereocenters. The molecule has 0 radical (unpaired) electrons. The molecule has 2 aromatic rings. The third kappa shape index (κ3) is 3.49. The lowest BCUT2D eigenvalue weighted by molar-refractivity contribution is -0.132.